The maximum Gasteiger partial charge on any atom is 0.306 e. The molecule has 0 aromatic carbocycles. The fourth-order valence-electron chi connectivity index (χ4n) is 6.46. The average Bonchev–Trinajstić information content (AvgIpc) is 3.11. The number of aliphatic carboxylic acids is 1. The third-order valence-corrected chi connectivity index (χ3v) is 9.85. The van der Waals surface area contributed by atoms with Crippen molar-refractivity contribution in [3.8, 4) is 0 Å². The van der Waals surface area contributed by atoms with Crippen molar-refractivity contribution in [3.05, 3.63) is 24.3 Å². The van der Waals surface area contributed by atoms with E-state index in [1.807, 2.05) is 0 Å². The van der Waals surface area contributed by atoms with Gasteiger partial charge in [-0.1, -0.05) is 160 Å². The highest BCUT2D eigenvalue weighted by molar-refractivity contribution is 5.70. The van der Waals surface area contributed by atoms with Gasteiger partial charge in [0, 0.05) is 19.3 Å². The first-order valence-electron chi connectivity index (χ1n) is 21.9. The number of hydrogen-bond donors (Lipinski definition) is 0. The Balaban J connectivity index is 4.31. The lowest BCUT2D eigenvalue weighted by molar-refractivity contribution is -0.889. The summed E-state index contributed by atoms with van der Waals surface area (Å²) < 4.78 is 17.1. The molecule has 0 saturated heterocycles. The van der Waals surface area contributed by atoms with E-state index in [0.29, 0.717) is 12.8 Å². The number of ether oxygens (including phenoxy) is 3. The van der Waals surface area contributed by atoms with Crippen molar-refractivity contribution in [2.45, 2.75) is 206 Å². The first-order chi connectivity index (χ1) is 25.6. The number of unbranched alkanes of at least 4 members (excludes halogenated alkanes) is 21. The number of likely N-dealkylation sites (N-methyl/N-ethyl adjacent to an activating group) is 1. The zero-order valence-corrected chi connectivity index (χ0v) is 35.2. The van der Waals surface area contributed by atoms with E-state index in [1.54, 1.807) is 21.1 Å². The number of rotatable bonds is 39. The van der Waals surface area contributed by atoms with Crippen LogP contribution >= 0.6 is 0 Å². The molecule has 8 heteroatoms. The smallest absolute Gasteiger partial charge is 0.306 e. The zero-order chi connectivity index (χ0) is 39.3. The molecule has 8 nitrogen and oxygen atoms in total. The summed E-state index contributed by atoms with van der Waals surface area (Å²) in [5.74, 6) is -1.74. The molecule has 0 aromatic rings. The Morgan fingerprint density at radius 3 is 1.55 bits per heavy atom. The second-order valence-electron chi connectivity index (χ2n) is 15.9. The maximum absolute atomic E-state index is 12.7. The summed E-state index contributed by atoms with van der Waals surface area (Å²) in [6.45, 7) is 4.55. The van der Waals surface area contributed by atoms with Crippen molar-refractivity contribution in [3.63, 3.8) is 0 Å². The van der Waals surface area contributed by atoms with E-state index in [-0.39, 0.29) is 42.7 Å². The molecule has 0 aromatic heterocycles. The van der Waals surface area contributed by atoms with Crippen molar-refractivity contribution in [1.82, 2.24) is 0 Å². The van der Waals surface area contributed by atoms with Gasteiger partial charge in [0.15, 0.2) is 6.10 Å². The lowest BCUT2D eigenvalue weighted by Gasteiger charge is -2.34. The van der Waals surface area contributed by atoms with Crippen molar-refractivity contribution < 1.29 is 38.2 Å². The van der Waals surface area contributed by atoms with Gasteiger partial charge in [-0.15, -0.1) is 0 Å². The van der Waals surface area contributed by atoms with Gasteiger partial charge in [0.25, 0.3) is 0 Å². The third kappa shape index (κ3) is 35.3. The molecule has 0 bridgehead atoms. The van der Waals surface area contributed by atoms with Gasteiger partial charge in [-0.25, -0.2) is 0 Å². The molecule has 0 rings (SSSR count). The third-order valence-electron chi connectivity index (χ3n) is 9.85. The summed E-state index contributed by atoms with van der Waals surface area (Å²) in [7, 11) is 5.40. The molecular formula is C45H83NO7. The molecule has 0 N–H and O–H groups in total. The fourth-order valence-corrected chi connectivity index (χ4v) is 6.46. The van der Waals surface area contributed by atoms with E-state index >= 15 is 0 Å². The van der Waals surface area contributed by atoms with Gasteiger partial charge in [0.05, 0.1) is 40.3 Å². The van der Waals surface area contributed by atoms with Gasteiger partial charge < -0.3 is 28.6 Å². The summed E-state index contributed by atoms with van der Waals surface area (Å²) in [5, 5.41) is 11.6. The predicted molar refractivity (Wildman–Crippen MR) is 217 cm³/mol. The maximum atomic E-state index is 12.7. The van der Waals surface area contributed by atoms with Crippen LogP contribution < -0.4 is 5.11 Å². The minimum absolute atomic E-state index is 0.0400. The lowest BCUT2D eigenvalue weighted by atomic mass is 10.0. The number of carboxylic acid groups (broad SMARTS) is 1. The van der Waals surface area contributed by atoms with Crippen LogP contribution in [0.3, 0.4) is 0 Å². The Kier molecular flexibility index (Phi) is 35.2. The average molecular weight is 750 g/mol. The Labute approximate surface area is 326 Å². The van der Waals surface area contributed by atoms with Crippen LogP contribution in [0.4, 0.5) is 0 Å². The van der Waals surface area contributed by atoms with E-state index in [0.717, 1.165) is 70.6 Å². The molecule has 0 radical (unpaired) electrons. The molecule has 0 aliphatic carbocycles. The molecule has 0 fully saturated rings. The highest BCUT2D eigenvalue weighted by atomic mass is 16.6. The number of carbonyl (C=O) groups is 3. The normalized spacial score (nSPS) is 13.2. The van der Waals surface area contributed by atoms with E-state index in [9.17, 15) is 19.5 Å². The van der Waals surface area contributed by atoms with Crippen molar-refractivity contribution in [1.29, 1.82) is 0 Å². The molecule has 2 unspecified atom stereocenters. The minimum atomic E-state index is -1.13. The second-order valence-corrected chi connectivity index (χ2v) is 15.9. The number of quaternary nitrogens is 1. The number of hydrogen-bond acceptors (Lipinski definition) is 7. The molecule has 2 atom stereocenters. The molecule has 0 aliphatic rings. The van der Waals surface area contributed by atoms with Crippen LogP contribution in [-0.4, -0.2) is 75.5 Å². The molecule has 0 spiro atoms. The number of carbonyl (C=O) groups excluding carboxylic acids is 3. The lowest BCUT2D eigenvalue weighted by Crippen LogP contribution is -2.55. The highest BCUT2D eigenvalue weighted by Gasteiger charge is 2.25. The monoisotopic (exact) mass is 750 g/mol. The topological polar surface area (TPSA) is 102 Å². The largest absolute Gasteiger partial charge is 0.544 e. The summed E-state index contributed by atoms with van der Waals surface area (Å²) in [5.41, 5.74) is 0. The Morgan fingerprint density at radius 2 is 1.06 bits per heavy atom. The SMILES string of the molecule is CC/C=C/C/C=C/CCCCCCCC(=O)OCC(COCCC(C(=O)[O-])[N+](C)(C)C)OC(=O)CCCCCCCCCCCCCCCCCCC. The minimum Gasteiger partial charge on any atom is -0.544 e. The van der Waals surface area contributed by atoms with Gasteiger partial charge in [-0.3, -0.25) is 9.59 Å². The summed E-state index contributed by atoms with van der Waals surface area (Å²) in [6, 6.07) is -0.724. The van der Waals surface area contributed by atoms with Crippen molar-refractivity contribution in [2.75, 3.05) is 41.0 Å². The fraction of sp³-hybridized carbons (Fsp3) is 0.844. The molecule has 0 heterocycles. The number of carboxylic acids is 1. The number of allylic oxidation sites excluding steroid dienone is 4. The summed E-state index contributed by atoms with van der Waals surface area (Å²) in [6.07, 6.45) is 39.1. The predicted octanol–water partition coefficient (Wildman–Crippen LogP) is 10.4. The number of nitrogens with zero attached hydrogens (tertiary/aromatic N) is 1. The van der Waals surface area contributed by atoms with Crippen LogP contribution in [0.2, 0.25) is 0 Å². The molecule has 0 aliphatic heterocycles. The van der Waals surface area contributed by atoms with E-state index in [2.05, 4.69) is 38.2 Å². The molecule has 310 valence electrons. The van der Waals surface area contributed by atoms with Crippen LogP contribution in [0.25, 0.3) is 0 Å². The first-order valence-corrected chi connectivity index (χ1v) is 21.9. The van der Waals surface area contributed by atoms with Gasteiger partial charge in [-0.2, -0.15) is 0 Å². The van der Waals surface area contributed by atoms with Gasteiger partial charge in [0.1, 0.15) is 12.6 Å². The van der Waals surface area contributed by atoms with Crippen LogP contribution in [0.1, 0.15) is 194 Å². The molecule has 0 saturated carbocycles. The number of esters is 2. The Bertz CT molecular complexity index is 926. The van der Waals surface area contributed by atoms with Gasteiger partial charge in [-0.05, 0) is 38.5 Å². The molecular weight excluding hydrogens is 666 g/mol. The van der Waals surface area contributed by atoms with Crippen molar-refractivity contribution >= 4 is 17.9 Å². The first kappa shape index (κ1) is 50.8. The van der Waals surface area contributed by atoms with Crippen LogP contribution in [0, 0.1) is 0 Å². The Morgan fingerprint density at radius 1 is 0.585 bits per heavy atom. The van der Waals surface area contributed by atoms with Gasteiger partial charge >= 0.3 is 11.9 Å². The van der Waals surface area contributed by atoms with E-state index < -0.39 is 18.1 Å². The van der Waals surface area contributed by atoms with Crippen LogP contribution in [0.15, 0.2) is 24.3 Å². The summed E-state index contributed by atoms with van der Waals surface area (Å²) in [4.78, 5) is 36.8. The second kappa shape index (κ2) is 36.8. The highest BCUT2D eigenvalue weighted by Crippen LogP contribution is 2.15. The molecule has 0 amide bonds. The molecule has 53 heavy (non-hydrogen) atoms. The van der Waals surface area contributed by atoms with E-state index in [1.165, 1.54) is 89.9 Å². The van der Waals surface area contributed by atoms with E-state index in [4.69, 9.17) is 14.2 Å². The Hall–Kier alpha value is -2.19. The standard InChI is InChI=1S/C45H83NO7/c1-6-8-10-12-14-16-18-20-21-22-23-24-26-28-30-32-34-36-44(48)53-41(39-51-38-37-42(45(49)50)46(3,4)5)40-52-43(47)35-33-31-29-27-25-19-17-15-13-11-9-7-2/h9,11,15,17,41-42H,6-8,10,12-14,16,18-40H2,1-5H3/b11-9+,17-15+. The van der Waals surface area contributed by atoms with Crippen LogP contribution in [0.5, 0.6) is 0 Å². The van der Waals surface area contributed by atoms with Gasteiger partial charge in [0.2, 0.25) is 0 Å². The van der Waals surface area contributed by atoms with Crippen LogP contribution in [-0.2, 0) is 28.6 Å². The van der Waals surface area contributed by atoms with Crippen molar-refractivity contribution in [2.24, 2.45) is 0 Å². The summed E-state index contributed by atoms with van der Waals surface area (Å²) >= 11 is 0. The zero-order valence-electron chi connectivity index (χ0n) is 35.2. The quantitative estimate of drug-likeness (QED) is 0.0267.